The van der Waals surface area contributed by atoms with Gasteiger partial charge in [-0.05, 0) is 86.4 Å². The van der Waals surface area contributed by atoms with Gasteiger partial charge in [-0.2, -0.15) is 0 Å². The lowest BCUT2D eigenvalue weighted by Gasteiger charge is -2.42. The Morgan fingerprint density at radius 2 is 1.51 bits per heavy atom. The maximum Gasteiger partial charge on any atom is 0.408 e. The van der Waals surface area contributed by atoms with E-state index in [9.17, 15) is 14.4 Å². The maximum absolute atomic E-state index is 14.0. The quantitative estimate of drug-likeness (QED) is 0.448. The monoisotopic (exact) mass is 529 g/mol. The Bertz CT molecular complexity index is 1120. The first-order valence-corrected chi connectivity index (χ1v) is 12.8. The maximum atomic E-state index is 14.0. The van der Waals surface area contributed by atoms with Gasteiger partial charge in [0.05, 0.1) is 10.7 Å². The number of anilines is 1. The van der Waals surface area contributed by atoms with Gasteiger partial charge < -0.3 is 20.3 Å². The minimum Gasteiger partial charge on any atom is -0.444 e. The van der Waals surface area contributed by atoms with Gasteiger partial charge in [0, 0.05) is 5.54 Å². The van der Waals surface area contributed by atoms with Crippen LogP contribution in [0.3, 0.4) is 0 Å². The number of amides is 3. The van der Waals surface area contributed by atoms with Gasteiger partial charge in [-0.3, -0.25) is 9.59 Å². The molecule has 0 saturated carbocycles. The number of para-hydroxylation sites is 1. The van der Waals surface area contributed by atoms with Crippen LogP contribution >= 0.6 is 11.6 Å². The smallest absolute Gasteiger partial charge is 0.408 e. The minimum atomic E-state index is -0.996. The van der Waals surface area contributed by atoms with Crippen molar-refractivity contribution < 1.29 is 19.1 Å². The highest BCUT2D eigenvalue weighted by molar-refractivity contribution is 6.34. The fraction of sp³-hybridized carbons (Fsp3) is 0.483. The summed E-state index contributed by atoms with van der Waals surface area (Å²) < 4.78 is 5.34. The number of halogens is 1. The molecule has 0 aliphatic carbocycles. The second kappa shape index (κ2) is 11.5. The summed E-state index contributed by atoms with van der Waals surface area (Å²) >= 11 is 6.41. The predicted octanol–water partition coefficient (Wildman–Crippen LogP) is 6.49. The molecule has 0 aliphatic heterocycles. The van der Waals surface area contributed by atoms with Crippen molar-refractivity contribution in [1.82, 2.24) is 10.2 Å². The number of nitrogens with zero attached hydrogens (tertiary/aromatic N) is 1. The molecule has 0 bridgehead atoms. The van der Waals surface area contributed by atoms with Crippen LogP contribution in [0.2, 0.25) is 5.02 Å². The highest BCUT2D eigenvalue weighted by Crippen LogP contribution is 2.33. The second-order valence-electron chi connectivity index (χ2n) is 11.5. The van der Waals surface area contributed by atoms with Crippen molar-refractivity contribution in [3.8, 4) is 0 Å². The highest BCUT2D eigenvalue weighted by atomic mass is 35.5. The summed E-state index contributed by atoms with van der Waals surface area (Å²) in [6.45, 7) is 18.1. The van der Waals surface area contributed by atoms with E-state index in [-0.39, 0.29) is 0 Å². The molecular formula is C29H40ClN3O4. The Kier molecular flexibility index (Phi) is 9.42. The van der Waals surface area contributed by atoms with Crippen LogP contribution in [-0.4, -0.2) is 40.0 Å². The lowest BCUT2D eigenvalue weighted by Crippen LogP contribution is -2.57. The van der Waals surface area contributed by atoms with Crippen LogP contribution in [0.15, 0.2) is 36.4 Å². The number of carbonyl (C=O) groups excluding carboxylic acids is 3. The number of hydrogen-bond acceptors (Lipinski definition) is 4. The van der Waals surface area contributed by atoms with Crippen molar-refractivity contribution in [1.29, 1.82) is 0 Å². The largest absolute Gasteiger partial charge is 0.444 e. The number of rotatable bonds is 6. The van der Waals surface area contributed by atoms with Crippen molar-refractivity contribution >= 4 is 35.2 Å². The van der Waals surface area contributed by atoms with Crippen LogP contribution in [0, 0.1) is 20.8 Å². The van der Waals surface area contributed by atoms with E-state index in [1.54, 1.807) is 33.8 Å². The van der Waals surface area contributed by atoms with E-state index in [4.69, 9.17) is 16.3 Å². The third-order valence-electron chi connectivity index (χ3n) is 5.60. The Morgan fingerprint density at radius 3 is 2.00 bits per heavy atom. The van der Waals surface area contributed by atoms with Crippen molar-refractivity contribution in [2.75, 3.05) is 5.32 Å². The van der Waals surface area contributed by atoms with Gasteiger partial charge >= 0.3 is 6.09 Å². The molecule has 0 spiro atoms. The molecule has 8 heteroatoms. The number of carbonyl (C=O) groups is 3. The Labute approximate surface area is 225 Å². The van der Waals surface area contributed by atoms with Gasteiger partial charge in [0.25, 0.3) is 5.91 Å². The van der Waals surface area contributed by atoms with Crippen LogP contribution < -0.4 is 10.6 Å². The zero-order valence-corrected chi connectivity index (χ0v) is 24.3. The van der Waals surface area contributed by atoms with E-state index < -0.39 is 41.1 Å². The molecule has 2 rings (SSSR count). The standard InChI is InChI=1S/C29H40ClN3O4/c1-17-14-18(2)16-21(15-17)24(25(34)32-23-19(3)12-11-13-22(23)30)33(28(5,6)7)26(35)20(4)31-27(36)37-29(8,9)10/h11-16,20,24H,1-10H3,(H,31,36)(H,32,34). The third-order valence-corrected chi connectivity index (χ3v) is 5.92. The van der Waals surface area contributed by atoms with Crippen LogP contribution in [-0.2, 0) is 14.3 Å². The molecule has 0 saturated heterocycles. The number of aryl methyl sites for hydroxylation is 3. The molecule has 202 valence electrons. The molecule has 2 aromatic carbocycles. The molecule has 7 nitrogen and oxygen atoms in total. The van der Waals surface area contributed by atoms with Crippen LogP contribution in [0.1, 0.15) is 76.8 Å². The first kappa shape index (κ1) is 30.2. The predicted molar refractivity (Wildman–Crippen MR) is 149 cm³/mol. The molecular weight excluding hydrogens is 490 g/mol. The minimum absolute atomic E-state index is 0.404. The highest BCUT2D eigenvalue weighted by Gasteiger charge is 2.41. The van der Waals surface area contributed by atoms with E-state index in [0.29, 0.717) is 16.3 Å². The molecule has 2 N–H and O–H groups in total. The number of alkyl carbamates (subject to hydrolysis) is 1. The van der Waals surface area contributed by atoms with Crippen molar-refractivity contribution in [2.24, 2.45) is 0 Å². The van der Waals surface area contributed by atoms with E-state index in [0.717, 1.165) is 16.7 Å². The zero-order valence-electron chi connectivity index (χ0n) is 23.6. The summed E-state index contributed by atoms with van der Waals surface area (Å²) in [6, 6.07) is 9.23. The molecule has 2 unspecified atom stereocenters. The summed E-state index contributed by atoms with van der Waals surface area (Å²) in [5.41, 5.74) is 2.37. The molecule has 37 heavy (non-hydrogen) atoms. The lowest BCUT2D eigenvalue weighted by atomic mass is 9.93. The Hall–Kier alpha value is -3.06. The summed E-state index contributed by atoms with van der Waals surface area (Å²) in [7, 11) is 0. The van der Waals surface area contributed by atoms with Crippen molar-refractivity contribution in [3.63, 3.8) is 0 Å². The molecule has 0 fully saturated rings. The Balaban J connectivity index is 2.58. The number of hydrogen-bond donors (Lipinski definition) is 2. The summed E-state index contributed by atoms with van der Waals surface area (Å²) in [4.78, 5) is 41.9. The normalized spacial score (nSPS) is 13.4. The van der Waals surface area contributed by atoms with Crippen molar-refractivity contribution in [3.05, 3.63) is 63.7 Å². The van der Waals surface area contributed by atoms with Crippen LogP contribution in [0.5, 0.6) is 0 Å². The van der Waals surface area contributed by atoms with E-state index in [2.05, 4.69) is 10.6 Å². The average molecular weight is 530 g/mol. The van der Waals surface area contributed by atoms with Gasteiger partial charge in [-0.1, -0.05) is 53.1 Å². The molecule has 2 aromatic rings. The molecule has 2 atom stereocenters. The fourth-order valence-electron chi connectivity index (χ4n) is 4.17. The number of nitrogens with one attached hydrogen (secondary N) is 2. The summed E-state index contributed by atoms with van der Waals surface area (Å²) in [5, 5.41) is 5.98. The van der Waals surface area contributed by atoms with E-state index in [1.807, 2.05) is 71.9 Å². The van der Waals surface area contributed by atoms with Gasteiger partial charge in [0.1, 0.15) is 17.7 Å². The first-order valence-electron chi connectivity index (χ1n) is 12.4. The number of benzene rings is 2. The summed E-state index contributed by atoms with van der Waals surface area (Å²) in [5.74, 6) is -0.831. The van der Waals surface area contributed by atoms with Gasteiger partial charge in [0.2, 0.25) is 5.91 Å². The van der Waals surface area contributed by atoms with Crippen LogP contribution in [0.25, 0.3) is 0 Å². The van der Waals surface area contributed by atoms with Gasteiger partial charge in [0.15, 0.2) is 0 Å². The molecule has 0 heterocycles. The van der Waals surface area contributed by atoms with Gasteiger partial charge in [-0.15, -0.1) is 0 Å². The average Bonchev–Trinajstić information content (AvgIpc) is 2.70. The summed E-state index contributed by atoms with van der Waals surface area (Å²) in [6.07, 6.45) is -0.707. The van der Waals surface area contributed by atoms with E-state index >= 15 is 0 Å². The lowest BCUT2D eigenvalue weighted by molar-refractivity contribution is -0.146. The fourth-order valence-corrected chi connectivity index (χ4v) is 4.44. The Morgan fingerprint density at radius 1 is 0.946 bits per heavy atom. The topological polar surface area (TPSA) is 87.7 Å². The zero-order chi connectivity index (χ0) is 28.3. The van der Waals surface area contributed by atoms with Crippen molar-refractivity contribution in [2.45, 2.75) is 92.5 Å². The number of ether oxygens (including phenoxy) is 1. The molecule has 3 amide bonds. The first-order chi connectivity index (χ1) is 16.9. The molecule has 0 aromatic heterocycles. The SMILES string of the molecule is Cc1cc(C)cc(C(C(=O)Nc2c(C)cccc2Cl)N(C(=O)C(C)NC(=O)OC(C)(C)C)C(C)(C)C)c1. The molecule has 0 aliphatic rings. The van der Waals surface area contributed by atoms with E-state index in [1.165, 1.54) is 4.90 Å². The van der Waals surface area contributed by atoms with Crippen LogP contribution in [0.4, 0.5) is 10.5 Å². The second-order valence-corrected chi connectivity index (χ2v) is 11.9. The molecule has 0 radical (unpaired) electrons. The third kappa shape index (κ3) is 8.22. The van der Waals surface area contributed by atoms with Gasteiger partial charge in [-0.25, -0.2) is 4.79 Å².